The minimum absolute atomic E-state index is 0.0279. The van der Waals surface area contributed by atoms with E-state index in [1.165, 1.54) is 29.2 Å². The molecule has 0 spiro atoms. The summed E-state index contributed by atoms with van der Waals surface area (Å²) in [6, 6.07) is 9.94. The van der Waals surface area contributed by atoms with E-state index < -0.39 is 5.82 Å². The fraction of sp³-hybridized carbons (Fsp3) is 0.150. The maximum Gasteiger partial charge on any atom is 0.176 e. The van der Waals surface area contributed by atoms with E-state index in [9.17, 15) is 9.65 Å². The van der Waals surface area contributed by atoms with Gasteiger partial charge in [-0.2, -0.15) is 10.1 Å². The fourth-order valence-corrected chi connectivity index (χ4v) is 3.49. The van der Waals surface area contributed by atoms with Gasteiger partial charge in [-0.25, -0.2) is 4.39 Å². The van der Waals surface area contributed by atoms with Crippen LogP contribution in [0.3, 0.4) is 0 Å². The van der Waals surface area contributed by atoms with Gasteiger partial charge >= 0.3 is 0 Å². The molecule has 0 radical (unpaired) electrons. The van der Waals surface area contributed by atoms with Crippen LogP contribution in [0.5, 0.6) is 0 Å². The second kappa shape index (κ2) is 8.71. The average Bonchev–Trinajstić information content (AvgIpc) is 3.16. The first kappa shape index (κ1) is 20.8. The van der Waals surface area contributed by atoms with Crippen LogP contribution in [0.25, 0.3) is 10.9 Å². The van der Waals surface area contributed by atoms with Crippen LogP contribution in [0.1, 0.15) is 11.4 Å². The predicted octanol–water partition coefficient (Wildman–Crippen LogP) is 4.47. The van der Waals surface area contributed by atoms with Crippen LogP contribution in [-0.2, 0) is 13.5 Å². The first-order chi connectivity index (χ1) is 14.9. The number of hydrogen-bond acceptors (Lipinski definition) is 7. The lowest BCUT2D eigenvalue weighted by atomic mass is 10.1. The van der Waals surface area contributed by atoms with Crippen LogP contribution in [0.4, 0.5) is 21.5 Å². The van der Waals surface area contributed by atoms with Crippen LogP contribution < -0.4 is 10.6 Å². The quantitative estimate of drug-likeness (QED) is 0.440. The smallest absolute Gasteiger partial charge is 0.176 e. The second-order valence-electron chi connectivity index (χ2n) is 6.64. The maximum atomic E-state index is 13.5. The summed E-state index contributed by atoms with van der Waals surface area (Å²) in [5.74, 6) is 0.0882. The van der Waals surface area contributed by atoms with Crippen molar-refractivity contribution in [1.29, 1.82) is 5.26 Å². The second-order valence-corrected chi connectivity index (χ2v) is 7.45. The van der Waals surface area contributed by atoms with Gasteiger partial charge in [-0.15, -0.1) is 10.2 Å². The van der Waals surface area contributed by atoms with E-state index in [-0.39, 0.29) is 5.02 Å². The van der Waals surface area contributed by atoms with Gasteiger partial charge in [-0.3, -0.25) is 4.98 Å². The molecule has 0 aliphatic carbocycles. The number of benzene rings is 2. The van der Waals surface area contributed by atoms with Crippen LogP contribution in [0.15, 0.2) is 36.5 Å². The highest BCUT2D eigenvalue weighted by Gasteiger charge is 2.14. The fourth-order valence-electron chi connectivity index (χ4n) is 3.04. The standard InChI is InChI=1S/C20H15Cl2FN8/c1-31-29-18(28-30-31)4-5-25-13-6-14-19(27-12-2-3-17(23)15(21)7-12)11(9-24)10-26-20(14)16(22)8-13/h2-3,6-8,10,25H,4-5H2,1H3,(H,26,27). The lowest BCUT2D eigenvalue weighted by Gasteiger charge is -2.14. The number of tetrazole rings is 1. The molecule has 2 aromatic carbocycles. The third-order valence-corrected chi connectivity index (χ3v) is 5.04. The summed E-state index contributed by atoms with van der Waals surface area (Å²) in [5.41, 5.74) is 2.59. The molecule has 156 valence electrons. The van der Waals surface area contributed by atoms with Crippen molar-refractivity contribution in [2.45, 2.75) is 6.42 Å². The SMILES string of the molecule is Cn1nnc(CCNc2cc(Cl)c3ncc(C#N)c(Nc4ccc(F)c(Cl)c4)c3c2)n1. The van der Waals surface area contributed by atoms with Crippen molar-refractivity contribution >= 4 is 51.2 Å². The summed E-state index contributed by atoms with van der Waals surface area (Å²) in [7, 11) is 1.70. The molecule has 0 saturated carbocycles. The van der Waals surface area contributed by atoms with Crippen molar-refractivity contribution < 1.29 is 4.39 Å². The van der Waals surface area contributed by atoms with Crippen molar-refractivity contribution in [3.8, 4) is 6.07 Å². The van der Waals surface area contributed by atoms with Crippen molar-refractivity contribution in [2.75, 3.05) is 17.2 Å². The summed E-state index contributed by atoms with van der Waals surface area (Å²) in [4.78, 5) is 5.72. The molecule has 31 heavy (non-hydrogen) atoms. The highest BCUT2D eigenvalue weighted by molar-refractivity contribution is 6.36. The first-order valence-corrected chi connectivity index (χ1v) is 9.91. The zero-order valence-electron chi connectivity index (χ0n) is 16.2. The Bertz CT molecular complexity index is 1310. The summed E-state index contributed by atoms with van der Waals surface area (Å²) >= 11 is 12.3. The molecule has 4 aromatic rings. The third-order valence-electron chi connectivity index (χ3n) is 4.46. The summed E-state index contributed by atoms with van der Waals surface area (Å²) in [6.45, 7) is 0.551. The molecule has 4 rings (SSSR count). The molecular weight excluding hydrogens is 442 g/mol. The minimum Gasteiger partial charge on any atom is -0.385 e. The number of halogens is 3. The molecule has 0 aliphatic rings. The van der Waals surface area contributed by atoms with E-state index in [2.05, 4.69) is 37.1 Å². The molecule has 2 heterocycles. The Labute approximate surface area is 186 Å². The van der Waals surface area contributed by atoms with E-state index >= 15 is 0 Å². The summed E-state index contributed by atoms with van der Waals surface area (Å²) < 4.78 is 13.5. The highest BCUT2D eigenvalue weighted by atomic mass is 35.5. The van der Waals surface area contributed by atoms with Gasteiger partial charge in [0.1, 0.15) is 11.9 Å². The number of nitrogens with one attached hydrogen (secondary N) is 2. The topological polar surface area (TPSA) is 104 Å². The Morgan fingerprint density at radius 2 is 1.97 bits per heavy atom. The zero-order valence-corrected chi connectivity index (χ0v) is 17.7. The van der Waals surface area contributed by atoms with E-state index in [4.69, 9.17) is 23.2 Å². The number of nitrogens with zero attached hydrogens (tertiary/aromatic N) is 6. The van der Waals surface area contributed by atoms with Gasteiger partial charge in [0.25, 0.3) is 0 Å². The molecule has 0 amide bonds. The van der Waals surface area contributed by atoms with Crippen LogP contribution in [0.2, 0.25) is 10.0 Å². The molecule has 0 saturated heterocycles. The lowest BCUT2D eigenvalue weighted by Crippen LogP contribution is -2.07. The molecule has 2 aromatic heterocycles. The Morgan fingerprint density at radius 1 is 1.16 bits per heavy atom. The Balaban J connectivity index is 1.68. The summed E-state index contributed by atoms with van der Waals surface area (Å²) in [6.07, 6.45) is 2.01. The van der Waals surface area contributed by atoms with Gasteiger partial charge in [0.2, 0.25) is 0 Å². The number of anilines is 3. The van der Waals surface area contributed by atoms with Crippen molar-refractivity contribution in [1.82, 2.24) is 25.2 Å². The first-order valence-electron chi connectivity index (χ1n) is 9.16. The monoisotopic (exact) mass is 456 g/mol. The molecule has 11 heteroatoms. The van der Waals surface area contributed by atoms with Gasteiger partial charge in [0.15, 0.2) is 5.82 Å². The third kappa shape index (κ3) is 4.50. The molecule has 0 atom stereocenters. The van der Waals surface area contributed by atoms with Crippen LogP contribution in [0, 0.1) is 17.1 Å². The zero-order chi connectivity index (χ0) is 22.0. The number of nitriles is 1. The van der Waals surface area contributed by atoms with E-state index in [0.29, 0.717) is 51.7 Å². The van der Waals surface area contributed by atoms with Crippen molar-refractivity contribution in [2.24, 2.45) is 7.05 Å². The number of fused-ring (bicyclic) bond motifs is 1. The molecule has 0 aliphatic heterocycles. The molecular formula is C20H15Cl2FN8. The largest absolute Gasteiger partial charge is 0.385 e. The highest BCUT2D eigenvalue weighted by Crippen LogP contribution is 2.35. The van der Waals surface area contributed by atoms with E-state index in [1.54, 1.807) is 13.1 Å². The lowest BCUT2D eigenvalue weighted by molar-refractivity contribution is 0.627. The normalized spacial score (nSPS) is 10.8. The van der Waals surface area contributed by atoms with E-state index in [1.807, 2.05) is 6.07 Å². The summed E-state index contributed by atoms with van der Waals surface area (Å²) in [5, 5.41) is 28.9. The maximum absolute atomic E-state index is 13.5. The van der Waals surface area contributed by atoms with Gasteiger partial charge in [-0.05, 0) is 35.5 Å². The molecule has 0 bridgehead atoms. The average molecular weight is 457 g/mol. The molecule has 0 unspecified atom stereocenters. The predicted molar refractivity (Wildman–Crippen MR) is 117 cm³/mol. The number of rotatable bonds is 6. The number of pyridine rings is 1. The van der Waals surface area contributed by atoms with E-state index in [0.717, 1.165) is 5.69 Å². The Kier molecular flexibility index (Phi) is 5.84. The van der Waals surface area contributed by atoms with Crippen LogP contribution >= 0.6 is 23.2 Å². The molecule has 2 N–H and O–H groups in total. The number of hydrogen-bond donors (Lipinski definition) is 2. The van der Waals surface area contributed by atoms with Gasteiger partial charge < -0.3 is 10.6 Å². The molecule has 8 nitrogen and oxygen atoms in total. The minimum atomic E-state index is -0.528. The van der Waals surface area contributed by atoms with Crippen molar-refractivity contribution in [3.63, 3.8) is 0 Å². The Hall–Kier alpha value is -3.48. The van der Waals surface area contributed by atoms with Gasteiger partial charge in [0.05, 0.1) is 33.9 Å². The van der Waals surface area contributed by atoms with Gasteiger partial charge in [0, 0.05) is 35.9 Å². The number of aryl methyl sites for hydroxylation is 1. The van der Waals surface area contributed by atoms with Crippen molar-refractivity contribution in [3.05, 3.63) is 63.8 Å². The van der Waals surface area contributed by atoms with Gasteiger partial charge in [-0.1, -0.05) is 23.2 Å². The van der Waals surface area contributed by atoms with Crippen LogP contribution in [-0.4, -0.2) is 31.7 Å². The Morgan fingerprint density at radius 3 is 2.68 bits per heavy atom. The molecule has 0 fully saturated rings. The number of aromatic nitrogens is 5.